The van der Waals surface area contributed by atoms with E-state index in [2.05, 4.69) is 0 Å². The number of carboxylic acids is 1. The summed E-state index contributed by atoms with van der Waals surface area (Å²) in [5, 5.41) is 9.94. The zero-order chi connectivity index (χ0) is 12.4. The van der Waals surface area contributed by atoms with Gasteiger partial charge in [0.25, 0.3) is 0 Å². The van der Waals surface area contributed by atoms with E-state index in [1.54, 1.807) is 10.6 Å². The van der Waals surface area contributed by atoms with E-state index in [-0.39, 0.29) is 18.7 Å². The number of aromatic nitrogens is 1. The molecule has 17 heavy (non-hydrogen) atoms. The third-order valence-electron chi connectivity index (χ3n) is 2.61. The number of fused-ring (bicyclic) bond motifs is 1. The van der Waals surface area contributed by atoms with Crippen LogP contribution in [0.3, 0.4) is 0 Å². The number of carbonyl (C=O) groups is 2. The third kappa shape index (κ3) is 2.13. The summed E-state index contributed by atoms with van der Waals surface area (Å²) in [4.78, 5) is 21.9. The van der Waals surface area contributed by atoms with Crippen LogP contribution in [0, 0.1) is 0 Å². The van der Waals surface area contributed by atoms with Gasteiger partial charge in [0.15, 0.2) is 0 Å². The van der Waals surface area contributed by atoms with Gasteiger partial charge in [-0.2, -0.15) is 0 Å². The molecule has 88 valence electrons. The Morgan fingerprint density at radius 3 is 2.65 bits per heavy atom. The summed E-state index contributed by atoms with van der Waals surface area (Å²) in [6.07, 6.45) is 0.124. The normalized spacial score (nSPS) is 10.6. The summed E-state index contributed by atoms with van der Waals surface area (Å²) in [5.74, 6) is -1.45. The van der Waals surface area contributed by atoms with Gasteiger partial charge in [0, 0.05) is 23.9 Å². The van der Waals surface area contributed by atoms with Crippen LogP contribution in [0.15, 0.2) is 30.3 Å². The van der Waals surface area contributed by atoms with Crippen molar-refractivity contribution in [1.82, 2.24) is 4.57 Å². The Kier molecular flexibility index (Phi) is 2.82. The molecule has 0 aliphatic heterocycles. The lowest BCUT2D eigenvalue weighted by Gasteiger charge is -2.06. The van der Waals surface area contributed by atoms with Crippen molar-refractivity contribution in [3.8, 4) is 0 Å². The van der Waals surface area contributed by atoms with E-state index in [9.17, 15) is 9.59 Å². The highest BCUT2D eigenvalue weighted by Gasteiger charge is 2.14. The first-order valence-electron chi connectivity index (χ1n) is 5.19. The van der Waals surface area contributed by atoms with Gasteiger partial charge in [0.05, 0.1) is 0 Å². The van der Waals surface area contributed by atoms with E-state index in [1.165, 1.54) is 0 Å². The molecule has 1 heterocycles. The lowest BCUT2D eigenvalue weighted by Crippen LogP contribution is -2.16. The molecule has 5 nitrogen and oxygen atoms in total. The van der Waals surface area contributed by atoms with Gasteiger partial charge in [-0.15, -0.1) is 0 Å². The van der Waals surface area contributed by atoms with Crippen LogP contribution in [0.5, 0.6) is 0 Å². The number of aromatic carboxylic acids is 1. The zero-order valence-corrected chi connectivity index (χ0v) is 9.09. The van der Waals surface area contributed by atoms with Crippen molar-refractivity contribution < 1.29 is 14.7 Å². The van der Waals surface area contributed by atoms with Crippen LogP contribution in [0.4, 0.5) is 0 Å². The van der Waals surface area contributed by atoms with Crippen molar-refractivity contribution in [3.05, 3.63) is 36.0 Å². The minimum atomic E-state index is -1.01. The number of hydrogen-bond donors (Lipinski definition) is 2. The van der Waals surface area contributed by atoms with Crippen LogP contribution in [-0.2, 0) is 11.3 Å². The second-order valence-electron chi connectivity index (χ2n) is 3.76. The fraction of sp³-hybridized carbons (Fsp3) is 0.167. The van der Waals surface area contributed by atoms with Gasteiger partial charge < -0.3 is 15.4 Å². The number of nitrogens with two attached hydrogens (primary N) is 1. The molecule has 0 atom stereocenters. The molecule has 0 saturated heterocycles. The molecule has 2 rings (SSSR count). The first-order valence-corrected chi connectivity index (χ1v) is 5.19. The molecule has 0 radical (unpaired) electrons. The average Bonchev–Trinajstić information content (AvgIpc) is 2.65. The van der Waals surface area contributed by atoms with Crippen LogP contribution in [0.25, 0.3) is 10.9 Å². The van der Waals surface area contributed by atoms with Crippen LogP contribution in [0.1, 0.15) is 16.9 Å². The Balaban J connectivity index is 2.51. The van der Waals surface area contributed by atoms with Gasteiger partial charge in [-0.3, -0.25) is 4.79 Å². The number of hydrogen-bond acceptors (Lipinski definition) is 2. The molecular formula is C12H12N2O3. The Morgan fingerprint density at radius 2 is 2.00 bits per heavy atom. The molecule has 0 bridgehead atoms. The summed E-state index contributed by atoms with van der Waals surface area (Å²) >= 11 is 0. The number of carboxylic acid groups (broad SMARTS) is 1. The van der Waals surface area contributed by atoms with Gasteiger partial charge in [-0.05, 0) is 12.1 Å². The van der Waals surface area contributed by atoms with E-state index < -0.39 is 11.9 Å². The first kappa shape index (κ1) is 11.2. The fourth-order valence-electron chi connectivity index (χ4n) is 1.85. The Bertz CT molecular complexity index is 586. The molecule has 0 aliphatic carbocycles. The average molecular weight is 232 g/mol. The predicted molar refractivity (Wildman–Crippen MR) is 62.7 cm³/mol. The van der Waals surface area contributed by atoms with Crippen molar-refractivity contribution in [1.29, 1.82) is 0 Å². The summed E-state index contributed by atoms with van der Waals surface area (Å²) < 4.78 is 1.60. The Labute approximate surface area is 97.4 Å². The summed E-state index contributed by atoms with van der Waals surface area (Å²) in [5.41, 5.74) is 6.05. The van der Waals surface area contributed by atoms with E-state index in [1.807, 2.05) is 24.3 Å². The minimum absolute atomic E-state index is 0.124. The van der Waals surface area contributed by atoms with Crippen LogP contribution in [0.2, 0.25) is 0 Å². The lowest BCUT2D eigenvalue weighted by atomic mass is 10.2. The molecule has 1 amide bonds. The molecule has 0 saturated carbocycles. The third-order valence-corrected chi connectivity index (χ3v) is 2.61. The van der Waals surface area contributed by atoms with Gasteiger partial charge >= 0.3 is 5.97 Å². The fourth-order valence-corrected chi connectivity index (χ4v) is 1.85. The maximum atomic E-state index is 11.1. The number of para-hydroxylation sites is 1. The summed E-state index contributed by atoms with van der Waals surface area (Å²) in [6.45, 7) is 0.282. The molecule has 0 unspecified atom stereocenters. The smallest absolute Gasteiger partial charge is 0.352 e. The van der Waals surface area contributed by atoms with Crippen LogP contribution < -0.4 is 5.73 Å². The van der Waals surface area contributed by atoms with E-state index in [0.29, 0.717) is 0 Å². The molecule has 1 aromatic heterocycles. The number of aryl methyl sites for hydroxylation is 1. The van der Waals surface area contributed by atoms with Crippen molar-refractivity contribution in [2.24, 2.45) is 5.73 Å². The largest absolute Gasteiger partial charge is 0.477 e. The zero-order valence-electron chi connectivity index (χ0n) is 9.09. The monoisotopic (exact) mass is 232 g/mol. The summed E-state index contributed by atoms with van der Waals surface area (Å²) in [6, 6.07) is 8.92. The molecule has 0 spiro atoms. The van der Waals surface area contributed by atoms with E-state index >= 15 is 0 Å². The topological polar surface area (TPSA) is 85.3 Å². The quantitative estimate of drug-likeness (QED) is 0.830. The molecule has 1 aromatic carbocycles. The number of carbonyl (C=O) groups excluding carboxylic acids is 1. The van der Waals surface area contributed by atoms with E-state index in [4.69, 9.17) is 10.8 Å². The highest BCUT2D eigenvalue weighted by atomic mass is 16.4. The number of benzene rings is 1. The Morgan fingerprint density at radius 1 is 1.29 bits per heavy atom. The lowest BCUT2D eigenvalue weighted by molar-refractivity contribution is -0.118. The molecule has 2 aromatic rings. The van der Waals surface area contributed by atoms with Gasteiger partial charge in [0.2, 0.25) is 5.91 Å². The second-order valence-corrected chi connectivity index (χ2v) is 3.76. The summed E-state index contributed by atoms with van der Waals surface area (Å²) in [7, 11) is 0. The van der Waals surface area contributed by atoms with Crippen molar-refractivity contribution in [3.63, 3.8) is 0 Å². The maximum Gasteiger partial charge on any atom is 0.352 e. The number of rotatable bonds is 4. The van der Waals surface area contributed by atoms with Crippen LogP contribution >= 0.6 is 0 Å². The van der Waals surface area contributed by atoms with Crippen LogP contribution in [-0.4, -0.2) is 21.6 Å². The molecule has 5 heteroatoms. The van der Waals surface area contributed by atoms with Crippen molar-refractivity contribution in [2.45, 2.75) is 13.0 Å². The number of nitrogens with zero attached hydrogens (tertiary/aromatic N) is 1. The van der Waals surface area contributed by atoms with Gasteiger partial charge in [0.1, 0.15) is 5.69 Å². The Hall–Kier alpha value is -2.30. The van der Waals surface area contributed by atoms with Gasteiger partial charge in [-0.1, -0.05) is 18.2 Å². The van der Waals surface area contributed by atoms with E-state index in [0.717, 1.165) is 10.9 Å². The number of primary amides is 1. The van der Waals surface area contributed by atoms with Crippen molar-refractivity contribution in [2.75, 3.05) is 0 Å². The first-order chi connectivity index (χ1) is 8.09. The number of amides is 1. The molecule has 0 fully saturated rings. The minimum Gasteiger partial charge on any atom is -0.477 e. The molecule has 3 N–H and O–H groups in total. The maximum absolute atomic E-state index is 11.1. The molecular weight excluding hydrogens is 220 g/mol. The van der Waals surface area contributed by atoms with Gasteiger partial charge in [-0.25, -0.2) is 4.79 Å². The predicted octanol–water partition coefficient (Wildman–Crippen LogP) is 1.21. The molecule has 0 aliphatic rings. The highest BCUT2D eigenvalue weighted by Crippen LogP contribution is 2.20. The van der Waals surface area contributed by atoms with Crippen molar-refractivity contribution >= 4 is 22.8 Å². The SMILES string of the molecule is NC(=O)CCn1c(C(=O)O)cc2ccccc21. The standard InChI is InChI=1S/C12H12N2O3/c13-11(15)5-6-14-9-4-2-1-3-8(9)7-10(14)12(16)17/h1-4,7H,5-6H2,(H2,13,15)(H,16,17). The highest BCUT2D eigenvalue weighted by molar-refractivity contribution is 5.94. The second kappa shape index (κ2) is 4.29.